The lowest BCUT2D eigenvalue weighted by molar-refractivity contribution is -0.133. The van der Waals surface area contributed by atoms with Crippen molar-refractivity contribution < 1.29 is 22.8 Å². The molecule has 24 heavy (non-hydrogen) atoms. The number of furan rings is 1. The lowest BCUT2D eigenvalue weighted by Gasteiger charge is -2.28. The van der Waals surface area contributed by atoms with Gasteiger partial charge in [-0.05, 0) is 44.2 Å². The molecule has 0 aliphatic heterocycles. The summed E-state index contributed by atoms with van der Waals surface area (Å²) in [5.74, 6) is -2.07. The molecule has 0 radical (unpaired) electrons. The van der Waals surface area contributed by atoms with Crippen molar-refractivity contribution in [1.29, 1.82) is 0 Å². The van der Waals surface area contributed by atoms with Crippen molar-refractivity contribution in [3.05, 3.63) is 59.6 Å². The van der Waals surface area contributed by atoms with Crippen molar-refractivity contribution in [2.75, 3.05) is 7.05 Å². The van der Waals surface area contributed by atoms with Gasteiger partial charge in [-0.1, -0.05) is 0 Å². The van der Waals surface area contributed by atoms with Crippen LogP contribution in [0.1, 0.15) is 36.0 Å². The molecule has 1 aromatic heterocycles. The summed E-state index contributed by atoms with van der Waals surface area (Å²) < 4.78 is 32.1. The maximum Gasteiger partial charge on any atom is 0.287 e. The lowest BCUT2D eigenvalue weighted by atomic mass is 10.1. The molecule has 1 heterocycles. The Hall–Kier alpha value is -2.70. The molecular formula is C17H18F2N2O3. The van der Waals surface area contributed by atoms with E-state index < -0.39 is 35.5 Å². The van der Waals surface area contributed by atoms with Gasteiger partial charge in [0.05, 0.1) is 12.3 Å². The van der Waals surface area contributed by atoms with E-state index >= 15 is 0 Å². The molecule has 7 heteroatoms. The van der Waals surface area contributed by atoms with E-state index in [1.54, 1.807) is 13.0 Å². The maximum atomic E-state index is 13.9. The topological polar surface area (TPSA) is 62.6 Å². The highest BCUT2D eigenvalue weighted by Gasteiger charge is 2.26. The first kappa shape index (κ1) is 17.7. The summed E-state index contributed by atoms with van der Waals surface area (Å²) in [5, 5.41) is 2.50. The van der Waals surface area contributed by atoms with Crippen molar-refractivity contribution in [1.82, 2.24) is 10.2 Å². The highest BCUT2D eigenvalue weighted by atomic mass is 19.1. The number of carbonyl (C=O) groups excluding carboxylic acids is 2. The summed E-state index contributed by atoms with van der Waals surface area (Å²) in [7, 11) is 1.47. The van der Waals surface area contributed by atoms with Gasteiger partial charge in [0.25, 0.3) is 5.91 Å². The number of nitrogens with zero attached hydrogens (tertiary/aromatic N) is 1. The first-order valence-corrected chi connectivity index (χ1v) is 7.37. The number of hydrogen-bond donors (Lipinski definition) is 1. The highest BCUT2D eigenvalue weighted by Crippen LogP contribution is 2.23. The van der Waals surface area contributed by atoms with Crippen molar-refractivity contribution >= 4 is 11.8 Å². The van der Waals surface area contributed by atoms with Gasteiger partial charge in [-0.3, -0.25) is 9.59 Å². The number of nitrogens with one attached hydrogen (secondary N) is 1. The SMILES string of the molecule is CC(NC(=O)c1ccco1)C(=O)N(C)C(C)c1cc(F)ccc1F. The smallest absolute Gasteiger partial charge is 0.287 e. The zero-order chi connectivity index (χ0) is 17.9. The summed E-state index contributed by atoms with van der Waals surface area (Å²) in [6.45, 7) is 3.09. The number of halogens is 2. The molecule has 1 aromatic carbocycles. The minimum absolute atomic E-state index is 0.0652. The van der Waals surface area contributed by atoms with E-state index in [4.69, 9.17) is 4.42 Å². The zero-order valence-corrected chi connectivity index (χ0v) is 13.5. The molecule has 2 aromatic rings. The Kier molecular flexibility index (Phi) is 5.33. The van der Waals surface area contributed by atoms with Crippen LogP contribution < -0.4 is 5.32 Å². The molecule has 2 rings (SSSR count). The van der Waals surface area contributed by atoms with Crippen molar-refractivity contribution in [2.45, 2.75) is 25.9 Å². The molecule has 0 bridgehead atoms. The summed E-state index contributed by atoms with van der Waals surface area (Å²) in [4.78, 5) is 25.6. The Balaban J connectivity index is 2.07. The van der Waals surface area contributed by atoms with E-state index in [-0.39, 0.29) is 11.3 Å². The van der Waals surface area contributed by atoms with Gasteiger partial charge in [0, 0.05) is 12.6 Å². The van der Waals surface area contributed by atoms with E-state index in [2.05, 4.69) is 5.32 Å². The lowest BCUT2D eigenvalue weighted by Crippen LogP contribution is -2.46. The first-order valence-electron chi connectivity index (χ1n) is 7.37. The third-order valence-corrected chi connectivity index (χ3v) is 3.80. The fraction of sp³-hybridized carbons (Fsp3) is 0.294. The largest absolute Gasteiger partial charge is 0.459 e. The minimum atomic E-state index is -0.855. The molecule has 2 atom stereocenters. The summed E-state index contributed by atoms with van der Waals surface area (Å²) in [6, 6.07) is 4.56. The third kappa shape index (κ3) is 3.79. The second-order valence-corrected chi connectivity index (χ2v) is 5.46. The Bertz CT molecular complexity index is 731. The Morgan fingerprint density at radius 3 is 2.54 bits per heavy atom. The standard InChI is InChI=1S/C17H18F2N2O3/c1-10(20-16(22)15-5-4-8-24-15)17(23)21(3)11(2)13-9-12(18)6-7-14(13)19/h4-11H,1-3H3,(H,20,22). The van der Waals surface area contributed by atoms with Crippen LogP contribution in [0, 0.1) is 11.6 Å². The second-order valence-electron chi connectivity index (χ2n) is 5.46. The van der Waals surface area contributed by atoms with E-state index in [0.717, 1.165) is 18.2 Å². The van der Waals surface area contributed by atoms with Gasteiger partial charge in [0.2, 0.25) is 5.91 Å². The maximum absolute atomic E-state index is 13.9. The summed E-state index contributed by atoms with van der Waals surface area (Å²) >= 11 is 0. The molecule has 0 fully saturated rings. The molecule has 0 aliphatic rings. The quantitative estimate of drug-likeness (QED) is 0.913. The van der Waals surface area contributed by atoms with Gasteiger partial charge in [-0.15, -0.1) is 0 Å². The highest BCUT2D eigenvalue weighted by molar-refractivity contribution is 5.95. The normalized spacial score (nSPS) is 13.2. The van der Waals surface area contributed by atoms with E-state index in [0.29, 0.717) is 0 Å². The van der Waals surface area contributed by atoms with Gasteiger partial charge in [-0.25, -0.2) is 8.78 Å². The van der Waals surface area contributed by atoms with Crippen LogP contribution in [-0.2, 0) is 4.79 Å². The number of amides is 2. The average Bonchev–Trinajstić information content (AvgIpc) is 3.09. The molecule has 0 spiro atoms. The van der Waals surface area contributed by atoms with Gasteiger partial charge < -0.3 is 14.6 Å². The first-order chi connectivity index (χ1) is 11.3. The number of benzene rings is 1. The van der Waals surface area contributed by atoms with E-state index in [9.17, 15) is 18.4 Å². The fourth-order valence-corrected chi connectivity index (χ4v) is 2.28. The fourth-order valence-electron chi connectivity index (χ4n) is 2.28. The van der Waals surface area contributed by atoms with Crippen molar-refractivity contribution in [2.24, 2.45) is 0 Å². The predicted octanol–water partition coefficient (Wildman–Crippen LogP) is 2.90. The zero-order valence-electron chi connectivity index (χ0n) is 13.5. The van der Waals surface area contributed by atoms with E-state index in [1.165, 1.54) is 31.2 Å². The summed E-state index contributed by atoms with van der Waals surface area (Å²) in [5.41, 5.74) is 0.0652. The van der Waals surface area contributed by atoms with Crippen LogP contribution in [0.25, 0.3) is 0 Å². The second kappa shape index (κ2) is 7.25. The van der Waals surface area contributed by atoms with Crippen LogP contribution in [0.5, 0.6) is 0 Å². The van der Waals surface area contributed by atoms with Crippen LogP contribution in [0.2, 0.25) is 0 Å². The van der Waals surface area contributed by atoms with Crippen molar-refractivity contribution in [3.63, 3.8) is 0 Å². The Labute approximate surface area is 138 Å². The molecule has 1 N–H and O–H groups in total. The van der Waals surface area contributed by atoms with Crippen LogP contribution in [0.4, 0.5) is 8.78 Å². The number of likely N-dealkylation sites (N-methyl/N-ethyl adjacent to an activating group) is 1. The van der Waals surface area contributed by atoms with Crippen LogP contribution in [0.15, 0.2) is 41.0 Å². The monoisotopic (exact) mass is 336 g/mol. The molecule has 5 nitrogen and oxygen atoms in total. The molecule has 0 saturated carbocycles. The summed E-state index contributed by atoms with van der Waals surface area (Å²) in [6.07, 6.45) is 1.35. The molecule has 0 aliphatic carbocycles. The molecular weight excluding hydrogens is 318 g/mol. The Morgan fingerprint density at radius 1 is 1.21 bits per heavy atom. The van der Waals surface area contributed by atoms with Crippen LogP contribution in [-0.4, -0.2) is 29.8 Å². The molecule has 2 unspecified atom stereocenters. The molecule has 0 saturated heterocycles. The van der Waals surface area contributed by atoms with E-state index in [1.807, 2.05) is 0 Å². The van der Waals surface area contributed by atoms with Crippen LogP contribution >= 0.6 is 0 Å². The number of hydrogen-bond acceptors (Lipinski definition) is 3. The van der Waals surface area contributed by atoms with Gasteiger partial charge >= 0.3 is 0 Å². The number of rotatable bonds is 5. The Morgan fingerprint density at radius 2 is 1.92 bits per heavy atom. The predicted molar refractivity (Wildman–Crippen MR) is 83.2 cm³/mol. The van der Waals surface area contributed by atoms with Gasteiger partial charge in [0.1, 0.15) is 17.7 Å². The molecule has 2 amide bonds. The third-order valence-electron chi connectivity index (χ3n) is 3.80. The van der Waals surface area contributed by atoms with Gasteiger partial charge in [-0.2, -0.15) is 0 Å². The number of carbonyl (C=O) groups is 2. The molecule has 128 valence electrons. The van der Waals surface area contributed by atoms with Crippen LogP contribution in [0.3, 0.4) is 0 Å². The minimum Gasteiger partial charge on any atom is -0.459 e. The van der Waals surface area contributed by atoms with Gasteiger partial charge in [0.15, 0.2) is 5.76 Å². The average molecular weight is 336 g/mol. The van der Waals surface area contributed by atoms with Crippen molar-refractivity contribution in [3.8, 4) is 0 Å².